The van der Waals surface area contributed by atoms with E-state index in [9.17, 15) is 0 Å². The second-order valence-corrected chi connectivity index (χ2v) is 5.79. The molecule has 2 rings (SSSR count). The largest absolute Gasteiger partial charge is 0.324 e. The zero-order chi connectivity index (χ0) is 13.1. The zero-order valence-corrected chi connectivity index (χ0v) is 12.5. The van der Waals surface area contributed by atoms with Crippen LogP contribution in [0.15, 0.2) is 46.9 Å². The Bertz CT molecular complexity index is 554. The molecule has 0 heterocycles. The van der Waals surface area contributed by atoms with E-state index in [1.165, 1.54) is 11.1 Å². The first kappa shape index (κ1) is 13.6. The van der Waals surface area contributed by atoms with E-state index in [-0.39, 0.29) is 6.04 Å². The molecule has 18 heavy (non-hydrogen) atoms. The van der Waals surface area contributed by atoms with Crippen molar-refractivity contribution in [1.82, 2.24) is 0 Å². The number of halogens is 2. The number of aryl methyl sites for hydroxylation is 1. The summed E-state index contributed by atoms with van der Waals surface area (Å²) in [5.41, 5.74) is 9.79. The Hall–Kier alpha value is -0.830. The van der Waals surface area contributed by atoms with E-state index in [0.29, 0.717) is 0 Å². The Kier molecular flexibility index (Phi) is 4.44. The minimum absolute atomic E-state index is 0.0296. The molecule has 2 aromatic rings. The number of hydrogen-bond acceptors (Lipinski definition) is 1. The fourth-order valence-electron chi connectivity index (χ4n) is 2.04. The van der Waals surface area contributed by atoms with Crippen molar-refractivity contribution in [2.75, 3.05) is 0 Å². The van der Waals surface area contributed by atoms with Gasteiger partial charge in [0, 0.05) is 15.5 Å². The van der Waals surface area contributed by atoms with Gasteiger partial charge in [-0.1, -0.05) is 45.7 Å². The van der Waals surface area contributed by atoms with Gasteiger partial charge < -0.3 is 5.73 Å². The highest BCUT2D eigenvalue weighted by Gasteiger charge is 2.10. The van der Waals surface area contributed by atoms with Gasteiger partial charge in [0.2, 0.25) is 0 Å². The van der Waals surface area contributed by atoms with Crippen LogP contribution in [0.2, 0.25) is 5.02 Å². The Balaban J connectivity index is 2.21. The third-order valence-electron chi connectivity index (χ3n) is 2.99. The highest BCUT2D eigenvalue weighted by atomic mass is 79.9. The molecule has 0 aliphatic rings. The molecule has 0 saturated heterocycles. The Morgan fingerprint density at radius 1 is 1.22 bits per heavy atom. The van der Waals surface area contributed by atoms with E-state index in [0.717, 1.165) is 21.5 Å². The molecule has 94 valence electrons. The van der Waals surface area contributed by atoms with Gasteiger partial charge in [0.05, 0.1) is 0 Å². The average molecular weight is 325 g/mol. The van der Waals surface area contributed by atoms with Crippen LogP contribution in [0.25, 0.3) is 0 Å². The SMILES string of the molecule is Cc1ccc(Cl)cc1C(N)Cc1cccc(Br)c1. The molecule has 2 aromatic carbocycles. The molecule has 2 N–H and O–H groups in total. The molecule has 0 radical (unpaired) electrons. The molecular weight excluding hydrogens is 310 g/mol. The maximum Gasteiger partial charge on any atom is 0.0409 e. The third-order valence-corrected chi connectivity index (χ3v) is 3.71. The van der Waals surface area contributed by atoms with Crippen LogP contribution in [-0.2, 0) is 6.42 Å². The van der Waals surface area contributed by atoms with E-state index in [1.807, 2.05) is 30.3 Å². The second kappa shape index (κ2) is 5.87. The first-order valence-electron chi connectivity index (χ1n) is 5.82. The second-order valence-electron chi connectivity index (χ2n) is 4.44. The topological polar surface area (TPSA) is 26.0 Å². The van der Waals surface area contributed by atoms with Gasteiger partial charge in [0.1, 0.15) is 0 Å². The van der Waals surface area contributed by atoms with Gasteiger partial charge in [0.25, 0.3) is 0 Å². The number of nitrogens with two attached hydrogens (primary N) is 1. The van der Waals surface area contributed by atoms with Crippen molar-refractivity contribution in [3.05, 3.63) is 68.7 Å². The highest BCUT2D eigenvalue weighted by molar-refractivity contribution is 9.10. The standard InChI is InChI=1S/C15H15BrClN/c1-10-5-6-13(17)9-14(10)15(18)8-11-3-2-4-12(16)7-11/h2-7,9,15H,8,18H2,1H3. The van der Waals surface area contributed by atoms with Crippen molar-refractivity contribution < 1.29 is 0 Å². The Morgan fingerprint density at radius 2 is 2.00 bits per heavy atom. The van der Waals surface area contributed by atoms with Crippen molar-refractivity contribution in [3.63, 3.8) is 0 Å². The molecule has 3 heteroatoms. The van der Waals surface area contributed by atoms with Crippen LogP contribution in [0.4, 0.5) is 0 Å². The quantitative estimate of drug-likeness (QED) is 0.873. The minimum Gasteiger partial charge on any atom is -0.324 e. The molecule has 0 amide bonds. The normalized spacial score (nSPS) is 12.4. The van der Waals surface area contributed by atoms with Gasteiger partial charge in [-0.15, -0.1) is 0 Å². The van der Waals surface area contributed by atoms with Crippen molar-refractivity contribution in [2.24, 2.45) is 5.73 Å². The van der Waals surface area contributed by atoms with Crippen LogP contribution in [0, 0.1) is 6.92 Å². The van der Waals surface area contributed by atoms with Crippen molar-refractivity contribution >= 4 is 27.5 Å². The Morgan fingerprint density at radius 3 is 2.72 bits per heavy atom. The summed E-state index contributed by atoms with van der Waals surface area (Å²) in [4.78, 5) is 0. The zero-order valence-electron chi connectivity index (χ0n) is 10.2. The summed E-state index contributed by atoms with van der Waals surface area (Å²) < 4.78 is 1.08. The highest BCUT2D eigenvalue weighted by Crippen LogP contribution is 2.24. The lowest BCUT2D eigenvalue weighted by molar-refractivity contribution is 0.716. The molecule has 0 aliphatic carbocycles. The van der Waals surface area contributed by atoms with Gasteiger partial charge in [0.15, 0.2) is 0 Å². The summed E-state index contributed by atoms with van der Waals surface area (Å²) in [6.07, 6.45) is 0.806. The molecule has 0 aliphatic heterocycles. The number of hydrogen-bond donors (Lipinski definition) is 1. The molecule has 0 saturated carbocycles. The summed E-state index contributed by atoms with van der Waals surface area (Å²) in [7, 11) is 0. The smallest absolute Gasteiger partial charge is 0.0409 e. The van der Waals surface area contributed by atoms with E-state index < -0.39 is 0 Å². The van der Waals surface area contributed by atoms with Crippen LogP contribution in [0.3, 0.4) is 0 Å². The summed E-state index contributed by atoms with van der Waals surface area (Å²) in [6, 6.07) is 14.1. The predicted molar refractivity (Wildman–Crippen MR) is 81.0 cm³/mol. The van der Waals surface area contributed by atoms with E-state index in [4.69, 9.17) is 17.3 Å². The lowest BCUT2D eigenvalue weighted by Gasteiger charge is -2.15. The molecule has 0 spiro atoms. The maximum absolute atomic E-state index is 6.27. The molecule has 1 unspecified atom stereocenters. The van der Waals surface area contributed by atoms with Gasteiger partial charge in [-0.3, -0.25) is 0 Å². The van der Waals surface area contributed by atoms with Gasteiger partial charge in [-0.05, 0) is 54.3 Å². The van der Waals surface area contributed by atoms with Crippen LogP contribution < -0.4 is 5.73 Å². The monoisotopic (exact) mass is 323 g/mol. The molecule has 1 nitrogen and oxygen atoms in total. The van der Waals surface area contributed by atoms with Crippen LogP contribution in [-0.4, -0.2) is 0 Å². The summed E-state index contributed by atoms with van der Waals surface area (Å²) in [6.45, 7) is 2.06. The van der Waals surface area contributed by atoms with Crippen LogP contribution >= 0.6 is 27.5 Å². The van der Waals surface area contributed by atoms with Crippen molar-refractivity contribution in [3.8, 4) is 0 Å². The number of rotatable bonds is 3. The fourth-order valence-corrected chi connectivity index (χ4v) is 2.67. The predicted octanol–water partition coefficient (Wildman–Crippen LogP) is 4.65. The van der Waals surface area contributed by atoms with E-state index in [1.54, 1.807) is 0 Å². The fraction of sp³-hybridized carbons (Fsp3) is 0.200. The maximum atomic E-state index is 6.27. The molecular formula is C15H15BrClN. The summed E-state index contributed by atoms with van der Waals surface area (Å²) in [5.74, 6) is 0. The molecule has 1 atom stereocenters. The van der Waals surface area contributed by atoms with Crippen LogP contribution in [0.1, 0.15) is 22.7 Å². The lowest BCUT2D eigenvalue weighted by atomic mass is 9.96. The molecule has 0 fully saturated rings. The van der Waals surface area contributed by atoms with Gasteiger partial charge in [-0.25, -0.2) is 0 Å². The number of benzene rings is 2. The van der Waals surface area contributed by atoms with E-state index >= 15 is 0 Å². The molecule has 0 aromatic heterocycles. The molecule has 0 bridgehead atoms. The summed E-state index contributed by atoms with van der Waals surface area (Å²) >= 11 is 9.50. The van der Waals surface area contributed by atoms with E-state index in [2.05, 4.69) is 35.0 Å². The lowest BCUT2D eigenvalue weighted by Crippen LogP contribution is -2.14. The third kappa shape index (κ3) is 3.35. The Labute approximate surface area is 121 Å². The minimum atomic E-state index is -0.0296. The summed E-state index contributed by atoms with van der Waals surface area (Å²) in [5, 5.41) is 0.736. The van der Waals surface area contributed by atoms with Crippen LogP contribution in [0.5, 0.6) is 0 Å². The van der Waals surface area contributed by atoms with Gasteiger partial charge >= 0.3 is 0 Å². The average Bonchev–Trinajstić information content (AvgIpc) is 2.32. The van der Waals surface area contributed by atoms with Gasteiger partial charge in [-0.2, -0.15) is 0 Å². The van der Waals surface area contributed by atoms with Crippen molar-refractivity contribution in [2.45, 2.75) is 19.4 Å². The van der Waals surface area contributed by atoms with Crippen molar-refractivity contribution in [1.29, 1.82) is 0 Å². The first-order valence-corrected chi connectivity index (χ1v) is 6.99. The first-order chi connectivity index (χ1) is 8.56.